The number of thiocarbonyl (C=S) groups is 1. The molecule has 1 aliphatic rings. The monoisotopic (exact) mass is 376 g/mol. The van der Waals surface area contributed by atoms with E-state index in [1.54, 1.807) is 11.3 Å². The normalized spacial score (nSPS) is 20.4. The van der Waals surface area contributed by atoms with Crippen LogP contribution in [0.4, 0.5) is 0 Å². The second-order valence-corrected chi connectivity index (χ2v) is 8.23. The Morgan fingerprint density at radius 2 is 2.00 bits per heavy atom. The average molecular weight is 377 g/mol. The molecule has 0 spiro atoms. The third kappa shape index (κ3) is 4.46. The lowest BCUT2D eigenvalue weighted by molar-refractivity contribution is -0.127. The Hall–Kier alpha value is -1.73. The van der Waals surface area contributed by atoms with E-state index < -0.39 is 0 Å². The number of para-hydroxylation sites is 1. The van der Waals surface area contributed by atoms with Crippen LogP contribution < -0.4 is 16.2 Å². The first-order valence-corrected chi connectivity index (χ1v) is 9.99. The van der Waals surface area contributed by atoms with Gasteiger partial charge in [0.2, 0.25) is 5.91 Å². The fourth-order valence-corrected chi connectivity index (χ4v) is 4.75. The lowest BCUT2D eigenvalue weighted by Gasteiger charge is -2.29. The van der Waals surface area contributed by atoms with Gasteiger partial charge in [-0.05, 0) is 51.0 Å². The van der Waals surface area contributed by atoms with Crippen molar-refractivity contribution in [2.75, 3.05) is 0 Å². The van der Waals surface area contributed by atoms with E-state index >= 15 is 0 Å². The Morgan fingerprint density at radius 1 is 1.24 bits per heavy atom. The molecule has 1 amide bonds. The van der Waals surface area contributed by atoms with Gasteiger partial charge in [0.05, 0.1) is 15.2 Å². The topological polar surface area (TPSA) is 66.0 Å². The van der Waals surface area contributed by atoms with Crippen molar-refractivity contribution in [1.82, 2.24) is 21.2 Å². The maximum atomic E-state index is 12.7. The Kier molecular flexibility index (Phi) is 5.86. The van der Waals surface area contributed by atoms with E-state index in [1.165, 1.54) is 4.70 Å². The van der Waals surface area contributed by atoms with Crippen molar-refractivity contribution >= 4 is 44.8 Å². The highest BCUT2D eigenvalue weighted by atomic mass is 32.1. The molecule has 0 saturated heterocycles. The van der Waals surface area contributed by atoms with E-state index in [0.29, 0.717) is 5.11 Å². The number of nitrogens with zero attached hydrogens (tertiary/aromatic N) is 1. The quantitative estimate of drug-likeness (QED) is 0.565. The van der Waals surface area contributed by atoms with Crippen molar-refractivity contribution in [2.45, 2.75) is 51.5 Å². The molecule has 5 nitrogen and oxygen atoms in total. The van der Waals surface area contributed by atoms with Crippen LogP contribution >= 0.6 is 23.6 Å². The van der Waals surface area contributed by atoms with Gasteiger partial charge < -0.3 is 5.32 Å². The van der Waals surface area contributed by atoms with Gasteiger partial charge in [0, 0.05) is 17.9 Å². The number of hydrogen-bond donors (Lipinski definition) is 3. The molecule has 0 radical (unpaired) electrons. The Bertz CT molecular complexity index is 725. The molecule has 1 aromatic heterocycles. The molecule has 3 rings (SSSR count). The Labute approximate surface area is 157 Å². The summed E-state index contributed by atoms with van der Waals surface area (Å²) in [6.45, 7) is 4.00. The molecule has 1 heterocycles. The highest BCUT2D eigenvalue weighted by molar-refractivity contribution is 7.80. The Balaban J connectivity index is 1.70. The molecular weight excluding hydrogens is 352 g/mol. The lowest BCUT2D eigenvalue weighted by Crippen LogP contribution is -2.51. The number of hydrazine groups is 1. The summed E-state index contributed by atoms with van der Waals surface area (Å²) >= 11 is 6.88. The van der Waals surface area contributed by atoms with E-state index in [-0.39, 0.29) is 23.8 Å². The summed E-state index contributed by atoms with van der Waals surface area (Å²) in [5, 5.41) is 4.57. The molecule has 0 bridgehead atoms. The van der Waals surface area contributed by atoms with Gasteiger partial charge in [0.25, 0.3) is 0 Å². The predicted molar refractivity (Wildman–Crippen MR) is 106 cm³/mol. The minimum Gasteiger partial charge on any atom is -0.359 e. The van der Waals surface area contributed by atoms with Crippen LogP contribution in [-0.2, 0) is 4.79 Å². The van der Waals surface area contributed by atoms with Crippen molar-refractivity contribution in [3.8, 4) is 0 Å². The fourth-order valence-electron chi connectivity index (χ4n) is 3.30. The second kappa shape index (κ2) is 8.10. The highest BCUT2D eigenvalue weighted by Gasteiger charge is 2.34. The number of fused-ring (bicyclic) bond motifs is 1. The number of amides is 1. The van der Waals surface area contributed by atoms with Gasteiger partial charge >= 0.3 is 0 Å². The third-order valence-electron chi connectivity index (χ3n) is 4.45. The maximum Gasteiger partial charge on any atom is 0.242 e. The third-order valence-corrected chi connectivity index (χ3v) is 5.84. The molecule has 1 aromatic carbocycles. The molecule has 25 heavy (non-hydrogen) atoms. The van der Waals surface area contributed by atoms with Gasteiger partial charge in [-0.15, -0.1) is 11.3 Å². The van der Waals surface area contributed by atoms with E-state index in [9.17, 15) is 4.79 Å². The lowest BCUT2D eigenvalue weighted by atomic mass is 9.79. The summed E-state index contributed by atoms with van der Waals surface area (Å²) in [7, 11) is 0. The van der Waals surface area contributed by atoms with Gasteiger partial charge in [-0.1, -0.05) is 25.0 Å². The van der Waals surface area contributed by atoms with Crippen molar-refractivity contribution in [3.63, 3.8) is 0 Å². The summed E-state index contributed by atoms with van der Waals surface area (Å²) in [6.07, 6.45) is 4.12. The number of aromatic nitrogens is 1. The van der Waals surface area contributed by atoms with Crippen molar-refractivity contribution < 1.29 is 4.79 Å². The van der Waals surface area contributed by atoms with Crippen LogP contribution in [0.25, 0.3) is 10.2 Å². The van der Waals surface area contributed by atoms with Crippen LogP contribution in [0, 0.1) is 5.92 Å². The molecule has 0 unspecified atom stereocenters. The van der Waals surface area contributed by atoms with E-state index in [0.717, 1.165) is 36.2 Å². The van der Waals surface area contributed by atoms with Gasteiger partial charge in [-0.25, -0.2) is 4.98 Å². The molecule has 2 aromatic rings. The molecule has 3 N–H and O–H groups in total. The first-order valence-electron chi connectivity index (χ1n) is 8.76. The number of thiazole rings is 1. The summed E-state index contributed by atoms with van der Waals surface area (Å²) in [6, 6.07) is 8.38. The molecule has 1 aliphatic carbocycles. The van der Waals surface area contributed by atoms with Gasteiger partial charge in [-0.2, -0.15) is 0 Å². The van der Waals surface area contributed by atoms with Crippen molar-refractivity contribution in [2.24, 2.45) is 5.92 Å². The minimum atomic E-state index is -0.0661. The summed E-state index contributed by atoms with van der Waals surface area (Å²) in [5.74, 6) is 0.111. The fraction of sp³-hybridized carbons (Fsp3) is 0.500. The zero-order valence-electron chi connectivity index (χ0n) is 14.5. The minimum absolute atomic E-state index is 0.00291. The molecule has 7 heteroatoms. The van der Waals surface area contributed by atoms with Gasteiger partial charge in [0.15, 0.2) is 5.11 Å². The van der Waals surface area contributed by atoms with Crippen LogP contribution in [0.5, 0.6) is 0 Å². The molecule has 1 saturated carbocycles. The van der Waals surface area contributed by atoms with Crippen LogP contribution in [-0.4, -0.2) is 22.0 Å². The SMILES string of the molecule is CC(C)NC(=S)NNC(=O)[C@@H]1CCCC[C@@H]1c1nc2ccccc2s1. The zero-order chi connectivity index (χ0) is 17.8. The molecular formula is C18H24N4OS2. The molecule has 1 fully saturated rings. The second-order valence-electron chi connectivity index (χ2n) is 6.76. The van der Waals surface area contributed by atoms with Gasteiger partial charge in [-0.3, -0.25) is 15.6 Å². The first kappa shape index (κ1) is 18.1. The predicted octanol–water partition coefficient (Wildman–Crippen LogP) is 3.47. The number of carbonyl (C=O) groups is 1. The summed E-state index contributed by atoms with van der Waals surface area (Å²) in [4.78, 5) is 17.5. The summed E-state index contributed by atoms with van der Waals surface area (Å²) < 4.78 is 1.18. The standard InChI is InChI=1S/C18H24N4OS2/c1-11(2)19-18(24)22-21-16(23)12-7-3-4-8-13(12)17-20-14-9-5-6-10-15(14)25-17/h5-6,9-13H,3-4,7-8H2,1-2H3,(H,21,23)(H2,19,22,24)/t12-,13+/m1/s1. The van der Waals surface area contributed by atoms with Crippen LogP contribution in [0.15, 0.2) is 24.3 Å². The number of hydrogen-bond acceptors (Lipinski definition) is 4. The number of rotatable bonds is 3. The number of carbonyl (C=O) groups excluding carboxylic acids is 1. The van der Waals surface area contributed by atoms with E-state index in [4.69, 9.17) is 17.2 Å². The van der Waals surface area contributed by atoms with Crippen LogP contribution in [0.3, 0.4) is 0 Å². The smallest absolute Gasteiger partial charge is 0.242 e. The zero-order valence-corrected chi connectivity index (χ0v) is 16.2. The van der Waals surface area contributed by atoms with Crippen LogP contribution in [0.2, 0.25) is 0 Å². The number of benzene rings is 1. The summed E-state index contributed by atoms with van der Waals surface area (Å²) in [5.41, 5.74) is 6.61. The average Bonchev–Trinajstić information content (AvgIpc) is 3.03. The Morgan fingerprint density at radius 3 is 2.76 bits per heavy atom. The molecule has 0 aliphatic heterocycles. The van der Waals surface area contributed by atoms with E-state index in [1.807, 2.05) is 32.0 Å². The van der Waals surface area contributed by atoms with Crippen molar-refractivity contribution in [3.05, 3.63) is 29.3 Å². The van der Waals surface area contributed by atoms with Crippen molar-refractivity contribution in [1.29, 1.82) is 0 Å². The molecule has 2 atom stereocenters. The molecule has 134 valence electrons. The van der Waals surface area contributed by atoms with E-state index in [2.05, 4.69) is 22.2 Å². The first-order chi connectivity index (χ1) is 12.0. The van der Waals surface area contributed by atoms with Gasteiger partial charge in [0.1, 0.15) is 0 Å². The van der Waals surface area contributed by atoms with Crippen LogP contribution in [0.1, 0.15) is 50.5 Å². The largest absolute Gasteiger partial charge is 0.359 e. The number of nitrogens with one attached hydrogen (secondary N) is 3. The highest BCUT2D eigenvalue weighted by Crippen LogP contribution is 2.40. The maximum absolute atomic E-state index is 12.7.